The van der Waals surface area contributed by atoms with E-state index in [9.17, 15) is 13.2 Å². The van der Waals surface area contributed by atoms with Crippen molar-refractivity contribution in [1.29, 1.82) is 0 Å². The van der Waals surface area contributed by atoms with E-state index in [1.54, 1.807) is 12.1 Å². The van der Waals surface area contributed by atoms with E-state index in [4.69, 9.17) is 4.74 Å². The lowest BCUT2D eigenvalue weighted by molar-refractivity contribution is -0.128. The zero-order valence-electron chi connectivity index (χ0n) is 19.4. The lowest BCUT2D eigenvalue weighted by Gasteiger charge is -2.41. The minimum absolute atomic E-state index is 0.0566. The van der Waals surface area contributed by atoms with E-state index in [1.807, 2.05) is 17.0 Å². The lowest BCUT2D eigenvalue weighted by Crippen LogP contribution is -2.42. The molecule has 3 aliphatic rings. The van der Waals surface area contributed by atoms with E-state index >= 15 is 0 Å². The van der Waals surface area contributed by atoms with E-state index in [0.717, 1.165) is 56.8 Å². The average Bonchev–Trinajstić information content (AvgIpc) is 3.37. The van der Waals surface area contributed by atoms with Crippen molar-refractivity contribution >= 4 is 15.7 Å². The molecule has 2 saturated heterocycles. The van der Waals surface area contributed by atoms with Crippen LogP contribution in [0, 0.1) is 5.41 Å². The quantitative estimate of drug-likeness (QED) is 0.671. The van der Waals surface area contributed by atoms with Crippen molar-refractivity contribution in [2.24, 2.45) is 5.41 Å². The van der Waals surface area contributed by atoms with Crippen LogP contribution in [0.15, 0.2) is 47.4 Å². The molecule has 1 amide bonds. The molecule has 3 heterocycles. The van der Waals surface area contributed by atoms with Gasteiger partial charge in [-0.05, 0) is 73.2 Å². The summed E-state index contributed by atoms with van der Waals surface area (Å²) in [6, 6.07) is 13.9. The summed E-state index contributed by atoms with van der Waals surface area (Å²) in [5.74, 6) is 1.24. The van der Waals surface area contributed by atoms with Crippen molar-refractivity contribution in [2.75, 3.05) is 32.5 Å². The van der Waals surface area contributed by atoms with E-state index in [-0.39, 0.29) is 11.3 Å². The molecule has 0 aliphatic carbocycles. The summed E-state index contributed by atoms with van der Waals surface area (Å²) in [4.78, 5) is 17.6. The number of carbonyl (C=O) groups is 1. The molecule has 0 bridgehead atoms. The summed E-state index contributed by atoms with van der Waals surface area (Å²) in [5, 5.41) is 0. The summed E-state index contributed by atoms with van der Waals surface area (Å²) in [7, 11) is -3.21. The first-order chi connectivity index (χ1) is 15.7. The molecule has 6 nitrogen and oxygen atoms in total. The molecule has 0 N–H and O–H groups in total. The summed E-state index contributed by atoms with van der Waals surface area (Å²) < 4.78 is 29.1. The van der Waals surface area contributed by atoms with Gasteiger partial charge in [0.05, 0.1) is 11.5 Å². The number of amides is 1. The van der Waals surface area contributed by atoms with Crippen LogP contribution in [-0.2, 0) is 27.6 Å². The second-order valence-corrected chi connectivity index (χ2v) is 12.0. The molecule has 2 aromatic carbocycles. The van der Waals surface area contributed by atoms with Crippen LogP contribution >= 0.6 is 0 Å². The highest BCUT2D eigenvalue weighted by Crippen LogP contribution is 2.43. The van der Waals surface area contributed by atoms with Gasteiger partial charge in [0.15, 0.2) is 9.84 Å². The molecule has 2 aromatic rings. The fourth-order valence-corrected chi connectivity index (χ4v) is 6.19. The van der Waals surface area contributed by atoms with Gasteiger partial charge in [-0.25, -0.2) is 8.42 Å². The number of nitrogens with zero attached hydrogens (tertiary/aromatic N) is 2. The fourth-order valence-electron chi connectivity index (χ4n) is 5.56. The molecule has 2 fully saturated rings. The Labute approximate surface area is 196 Å². The Bertz CT molecular complexity index is 1150. The fraction of sp³-hybridized carbons (Fsp3) is 0.500. The number of rotatable bonds is 5. The smallest absolute Gasteiger partial charge is 0.223 e. The highest BCUT2D eigenvalue weighted by Gasteiger charge is 2.45. The van der Waals surface area contributed by atoms with Gasteiger partial charge in [0.25, 0.3) is 0 Å². The molecular weight excluding hydrogens is 436 g/mol. The number of fused-ring (bicyclic) bond motifs is 1. The Kier molecular flexibility index (Phi) is 5.73. The summed E-state index contributed by atoms with van der Waals surface area (Å²) in [6.45, 7) is 6.35. The van der Waals surface area contributed by atoms with Crippen molar-refractivity contribution in [3.05, 3.63) is 59.2 Å². The Balaban J connectivity index is 1.20. The van der Waals surface area contributed by atoms with Crippen molar-refractivity contribution in [2.45, 2.75) is 50.1 Å². The van der Waals surface area contributed by atoms with Gasteiger partial charge >= 0.3 is 0 Å². The number of hydrogen-bond acceptors (Lipinski definition) is 5. The van der Waals surface area contributed by atoms with Crippen LogP contribution in [0.25, 0.3) is 0 Å². The number of carbonyl (C=O) groups excluding carboxylic acids is 1. The van der Waals surface area contributed by atoms with Crippen molar-refractivity contribution in [3.8, 4) is 5.75 Å². The van der Waals surface area contributed by atoms with Gasteiger partial charge in [0.2, 0.25) is 5.91 Å². The minimum Gasteiger partial charge on any atom is -0.493 e. The van der Waals surface area contributed by atoms with Gasteiger partial charge in [-0.1, -0.05) is 24.3 Å². The normalized spacial score (nSPS) is 21.3. The standard InChI is InChI=1S/C26H32N2O4S/c1-19(22-6-5-21-9-14-32-24(21)15-22)27-12-10-26(11-13-27)16-25(29)28(18-26)17-20-3-7-23(8-4-20)33(2,30)31/h3-8,15,19H,9-14,16-18H2,1-2H3/t19-/m0/s1. The number of benzene rings is 2. The van der Waals surface area contributed by atoms with Crippen LogP contribution in [0.3, 0.4) is 0 Å². The van der Waals surface area contributed by atoms with Crippen LogP contribution in [0.2, 0.25) is 0 Å². The number of hydrogen-bond donors (Lipinski definition) is 0. The highest BCUT2D eigenvalue weighted by atomic mass is 32.2. The molecule has 33 heavy (non-hydrogen) atoms. The zero-order valence-corrected chi connectivity index (χ0v) is 20.2. The molecule has 1 spiro atoms. The highest BCUT2D eigenvalue weighted by molar-refractivity contribution is 7.90. The van der Waals surface area contributed by atoms with Crippen molar-refractivity contribution in [3.63, 3.8) is 0 Å². The molecule has 5 rings (SSSR count). The molecule has 0 saturated carbocycles. The van der Waals surface area contributed by atoms with E-state index < -0.39 is 9.84 Å². The Morgan fingerprint density at radius 3 is 2.52 bits per heavy atom. The zero-order chi connectivity index (χ0) is 23.2. The number of piperidine rings is 1. The maximum absolute atomic E-state index is 12.8. The molecule has 7 heteroatoms. The first kappa shape index (κ1) is 22.4. The maximum atomic E-state index is 12.8. The number of sulfone groups is 1. The topological polar surface area (TPSA) is 66.9 Å². The summed E-state index contributed by atoms with van der Waals surface area (Å²) in [6.07, 6.45) is 4.87. The average molecular weight is 469 g/mol. The van der Waals surface area contributed by atoms with Crippen LogP contribution in [-0.4, -0.2) is 56.6 Å². The van der Waals surface area contributed by atoms with Gasteiger partial charge in [-0.2, -0.15) is 0 Å². The Morgan fingerprint density at radius 2 is 1.82 bits per heavy atom. The van der Waals surface area contributed by atoms with E-state index in [2.05, 4.69) is 30.0 Å². The van der Waals surface area contributed by atoms with E-state index in [1.165, 1.54) is 17.4 Å². The molecule has 0 radical (unpaired) electrons. The minimum atomic E-state index is -3.21. The van der Waals surface area contributed by atoms with Crippen LogP contribution in [0.1, 0.15) is 48.9 Å². The van der Waals surface area contributed by atoms with Gasteiger partial charge in [0.1, 0.15) is 5.75 Å². The largest absolute Gasteiger partial charge is 0.493 e. The van der Waals surface area contributed by atoms with Gasteiger partial charge < -0.3 is 9.64 Å². The van der Waals surface area contributed by atoms with Gasteiger partial charge in [-0.3, -0.25) is 9.69 Å². The predicted molar refractivity (Wildman–Crippen MR) is 127 cm³/mol. The van der Waals surface area contributed by atoms with Crippen LogP contribution in [0.4, 0.5) is 0 Å². The molecular formula is C26H32N2O4S. The lowest BCUT2D eigenvalue weighted by atomic mass is 9.77. The molecule has 0 unspecified atom stereocenters. The van der Waals surface area contributed by atoms with Crippen molar-refractivity contribution in [1.82, 2.24) is 9.80 Å². The predicted octanol–water partition coefficient (Wildman–Crippen LogP) is 3.60. The van der Waals surface area contributed by atoms with Gasteiger partial charge in [0, 0.05) is 38.2 Å². The molecule has 176 valence electrons. The van der Waals surface area contributed by atoms with Crippen LogP contribution in [0.5, 0.6) is 5.75 Å². The monoisotopic (exact) mass is 468 g/mol. The van der Waals surface area contributed by atoms with Crippen molar-refractivity contribution < 1.29 is 17.9 Å². The Hall–Kier alpha value is -2.38. The molecule has 0 aromatic heterocycles. The SMILES string of the molecule is C[C@@H](c1ccc2c(c1)OCC2)N1CCC2(CC1)CC(=O)N(Cc1ccc(S(C)(=O)=O)cc1)C2. The third-order valence-corrected chi connectivity index (χ3v) is 8.87. The second kappa shape index (κ2) is 8.44. The first-order valence-electron chi connectivity index (χ1n) is 11.8. The summed E-state index contributed by atoms with van der Waals surface area (Å²) >= 11 is 0. The van der Waals surface area contributed by atoms with E-state index in [0.29, 0.717) is 23.9 Å². The third-order valence-electron chi connectivity index (χ3n) is 7.74. The third kappa shape index (κ3) is 4.53. The first-order valence-corrected chi connectivity index (χ1v) is 13.7. The molecule has 3 aliphatic heterocycles. The van der Waals surface area contributed by atoms with Crippen LogP contribution < -0.4 is 4.74 Å². The maximum Gasteiger partial charge on any atom is 0.223 e. The number of likely N-dealkylation sites (tertiary alicyclic amines) is 2. The molecule has 1 atom stereocenters. The van der Waals surface area contributed by atoms with Gasteiger partial charge in [-0.15, -0.1) is 0 Å². The summed E-state index contributed by atoms with van der Waals surface area (Å²) in [5.41, 5.74) is 3.63. The Morgan fingerprint density at radius 1 is 1.09 bits per heavy atom. The number of ether oxygens (including phenoxy) is 1. The second-order valence-electron chi connectivity index (χ2n) is 10.0.